The highest BCUT2D eigenvalue weighted by molar-refractivity contribution is 7.92. The largest absolute Gasteiger partial charge is 0.393 e. The van der Waals surface area contributed by atoms with E-state index < -0.39 is 10.0 Å². The van der Waals surface area contributed by atoms with Crippen molar-refractivity contribution in [3.63, 3.8) is 0 Å². The van der Waals surface area contributed by atoms with Crippen LogP contribution in [0.4, 0.5) is 5.69 Å². The average Bonchev–Trinajstić information content (AvgIpc) is 2.70. The summed E-state index contributed by atoms with van der Waals surface area (Å²) in [5.74, 6) is 0. The molecule has 0 spiro atoms. The first kappa shape index (κ1) is 15.5. The molecule has 2 rings (SSSR count). The number of H-pyrrole nitrogens is 1. The third kappa shape index (κ3) is 3.59. The van der Waals surface area contributed by atoms with Crippen molar-refractivity contribution < 1.29 is 8.42 Å². The molecule has 0 aliphatic heterocycles. The molecule has 4 N–H and O–H groups in total. The summed E-state index contributed by atoms with van der Waals surface area (Å²) < 4.78 is 27.2. The van der Waals surface area contributed by atoms with E-state index in [2.05, 4.69) is 14.9 Å². The van der Waals surface area contributed by atoms with Gasteiger partial charge < -0.3 is 5.73 Å². The fourth-order valence-corrected chi connectivity index (χ4v) is 3.23. The SMILES string of the molecule is Cc1n[nH]c(C)c1NS(=O)(=O)c1ccc(CC(N)=S)cc1. The van der Waals surface area contributed by atoms with Gasteiger partial charge in [0.05, 0.1) is 27.0 Å². The summed E-state index contributed by atoms with van der Waals surface area (Å²) in [5, 5.41) is 6.70. The van der Waals surface area contributed by atoms with E-state index in [4.69, 9.17) is 18.0 Å². The minimum atomic E-state index is -3.65. The van der Waals surface area contributed by atoms with Crippen LogP contribution < -0.4 is 10.5 Å². The van der Waals surface area contributed by atoms with E-state index in [1.807, 2.05) is 0 Å². The van der Waals surface area contributed by atoms with E-state index in [1.165, 1.54) is 12.1 Å². The lowest BCUT2D eigenvalue weighted by molar-refractivity contribution is 0.601. The second kappa shape index (κ2) is 5.82. The highest BCUT2D eigenvalue weighted by Crippen LogP contribution is 2.21. The van der Waals surface area contributed by atoms with Crippen LogP contribution >= 0.6 is 12.2 Å². The maximum absolute atomic E-state index is 12.3. The Hall–Kier alpha value is -1.93. The molecule has 6 nitrogen and oxygen atoms in total. The van der Waals surface area contributed by atoms with Crippen molar-refractivity contribution in [2.45, 2.75) is 25.2 Å². The molecule has 0 amide bonds. The Bertz CT molecular complexity index is 744. The van der Waals surface area contributed by atoms with Crippen LogP contribution in [0.5, 0.6) is 0 Å². The number of hydrogen-bond donors (Lipinski definition) is 3. The summed E-state index contributed by atoms with van der Waals surface area (Å²) >= 11 is 4.83. The molecule has 0 bridgehead atoms. The second-order valence-electron chi connectivity index (χ2n) is 4.70. The molecule has 8 heteroatoms. The van der Waals surface area contributed by atoms with Crippen LogP contribution in [0.25, 0.3) is 0 Å². The summed E-state index contributed by atoms with van der Waals surface area (Å²) in [5.41, 5.74) is 8.08. The molecule has 0 saturated carbocycles. The first-order chi connectivity index (χ1) is 9.79. The van der Waals surface area contributed by atoms with Gasteiger partial charge in [0.15, 0.2) is 0 Å². The van der Waals surface area contributed by atoms with Gasteiger partial charge in [-0.15, -0.1) is 0 Å². The highest BCUT2D eigenvalue weighted by Gasteiger charge is 2.17. The number of hydrogen-bond acceptors (Lipinski definition) is 4. The van der Waals surface area contributed by atoms with Crippen LogP contribution in [-0.2, 0) is 16.4 Å². The van der Waals surface area contributed by atoms with Gasteiger partial charge in [0.2, 0.25) is 0 Å². The van der Waals surface area contributed by atoms with E-state index in [0.29, 0.717) is 28.5 Å². The topological polar surface area (TPSA) is 101 Å². The van der Waals surface area contributed by atoms with E-state index in [1.54, 1.807) is 26.0 Å². The van der Waals surface area contributed by atoms with Crippen molar-refractivity contribution in [3.05, 3.63) is 41.2 Å². The summed E-state index contributed by atoms with van der Waals surface area (Å²) in [7, 11) is -3.65. The number of aromatic amines is 1. The Labute approximate surface area is 128 Å². The van der Waals surface area contributed by atoms with Gasteiger partial charge >= 0.3 is 0 Å². The van der Waals surface area contributed by atoms with Gasteiger partial charge in [0.1, 0.15) is 0 Å². The molecule has 0 aliphatic carbocycles. The number of nitrogens with zero attached hydrogens (tertiary/aromatic N) is 1. The standard InChI is InChI=1S/C13H16N4O2S2/c1-8-13(9(2)16-15-8)17-21(18,19)11-5-3-10(4-6-11)7-12(14)20/h3-6,17H,7H2,1-2H3,(H2,14,20)(H,15,16). The molecular weight excluding hydrogens is 308 g/mol. The molecule has 0 aliphatic rings. The zero-order valence-corrected chi connectivity index (χ0v) is 13.3. The molecule has 2 aromatic rings. The molecule has 112 valence electrons. The van der Waals surface area contributed by atoms with Gasteiger partial charge in [0, 0.05) is 6.42 Å². The van der Waals surface area contributed by atoms with Gasteiger partial charge in [-0.25, -0.2) is 8.42 Å². The summed E-state index contributed by atoms with van der Waals surface area (Å²) in [4.78, 5) is 0.544. The Morgan fingerprint density at radius 1 is 1.33 bits per heavy atom. The molecule has 1 aromatic heterocycles. The molecule has 1 aromatic carbocycles. The molecule has 0 saturated heterocycles. The molecule has 0 unspecified atom stereocenters. The Morgan fingerprint density at radius 3 is 2.43 bits per heavy atom. The predicted molar refractivity (Wildman–Crippen MR) is 85.8 cm³/mol. The molecule has 0 radical (unpaired) electrons. The van der Waals surface area contributed by atoms with Crippen molar-refractivity contribution in [1.82, 2.24) is 10.2 Å². The number of aryl methyl sites for hydroxylation is 2. The van der Waals surface area contributed by atoms with Gasteiger partial charge in [0.25, 0.3) is 10.0 Å². The number of rotatable bonds is 5. The normalized spacial score (nSPS) is 11.3. The Morgan fingerprint density at radius 2 is 1.95 bits per heavy atom. The van der Waals surface area contributed by atoms with Crippen molar-refractivity contribution in [2.24, 2.45) is 5.73 Å². The highest BCUT2D eigenvalue weighted by atomic mass is 32.2. The van der Waals surface area contributed by atoms with Crippen LogP contribution in [-0.4, -0.2) is 23.6 Å². The zero-order chi connectivity index (χ0) is 15.6. The third-order valence-corrected chi connectivity index (χ3v) is 4.49. The van der Waals surface area contributed by atoms with Crippen LogP contribution in [0.3, 0.4) is 0 Å². The van der Waals surface area contributed by atoms with Gasteiger partial charge in [-0.1, -0.05) is 24.4 Å². The minimum Gasteiger partial charge on any atom is -0.393 e. The first-order valence-electron chi connectivity index (χ1n) is 6.21. The lowest BCUT2D eigenvalue weighted by Crippen LogP contribution is -2.14. The average molecular weight is 324 g/mol. The van der Waals surface area contributed by atoms with E-state index in [-0.39, 0.29) is 4.90 Å². The van der Waals surface area contributed by atoms with Crippen molar-refractivity contribution in [1.29, 1.82) is 0 Å². The lowest BCUT2D eigenvalue weighted by atomic mass is 10.1. The maximum atomic E-state index is 12.3. The smallest absolute Gasteiger partial charge is 0.262 e. The molecular formula is C13H16N4O2S2. The maximum Gasteiger partial charge on any atom is 0.262 e. The van der Waals surface area contributed by atoms with Gasteiger partial charge in [-0.2, -0.15) is 5.10 Å². The first-order valence-corrected chi connectivity index (χ1v) is 8.10. The van der Waals surface area contributed by atoms with Gasteiger partial charge in [-0.3, -0.25) is 9.82 Å². The second-order valence-corrected chi connectivity index (χ2v) is 6.91. The van der Waals surface area contributed by atoms with E-state index >= 15 is 0 Å². The van der Waals surface area contributed by atoms with Crippen molar-refractivity contribution >= 4 is 32.9 Å². The fraction of sp³-hybridized carbons (Fsp3) is 0.231. The summed E-state index contributed by atoms with van der Waals surface area (Å²) in [6.07, 6.45) is 0.447. The Balaban J connectivity index is 2.26. The molecule has 0 atom stereocenters. The third-order valence-electron chi connectivity index (χ3n) is 2.98. The van der Waals surface area contributed by atoms with E-state index in [9.17, 15) is 8.42 Å². The van der Waals surface area contributed by atoms with Crippen molar-refractivity contribution in [2.75, 3.05) is 4.72 Å². The number of aromatic nitrogens is 2. The number of benzene rings is 1. The van der Waals surface area contributed by atoms with Gasteiger partial charge in [-0.05, 0) is 31.5 Å². The van der Waals surface area contributed by atoms with E-state index in [0.717, 1.165) is 5.56 Å². The number of nitrogens with two attached hydrogens (primary N) is 1. The minimum absolute atomic E-state index is 0.175. The number of sulfonamides is 1. The lowest BCUT2D eigenvalue weighted by Gasteiger charge is -2.09. The number of anilines is 1. The number of thiocarbonyl (C=S) groups is 1. The summed E-state index contributed by atoms with van der Waals surface area (Å²) in [6.45, 7) is 3.48. The Kier molecular flexibility index (Phi) is 4.29. The molecule has 1 heterocycles. The quantitative estimate of drug-likeness (QED) is 0.726. The van der Waals surface area contributed by atoms with Crippen molar-refractivity contribution in [3.8, 4) is 0 Å². The van der Waals surface area contributed by atoms with Crippen LogP contribution in [0.15, 0.2) is 29.2 Å². The monoisotopic (exact) mass is 324 g/mol. The number of nitrogens with one attached hydrogen (secondary N) is 2. The predicted octanol–water partition coefficient (Wildman–Crippen LogP) is 1.66. The molecule has 0 fully saturated rings. The molecule has 21 heavy (non-hydrogen) atoms. The summed E-state index contributed by atoms with van der Waals surface area (Å²) in [6, 6.07) is 6.45. The van der Waals surface area contributed by atoms with Crippen LogP contribution in [0, 0.1) is 13.8 Å². The van der Waals surface area contributed by atoms with Crippen LogP contribution in [0.1, 0.15) is 17.0 Å². The van der Waals surface area contributed by atoms with Crippen LogP contribution in [0.2, 0.25) is 0 Å². The fourth-order valence-electron chi connectivity index (χ4n) is 1.88. The zero-order valence-electron chi connectivity index (χ0n) is 11.7.